The molecule has 2 aromatic rings. The van der Waals surface area contributed by atoms with Crippen LogP contribution in [-0.2, 0) is 0 Å². The van der Waals surface area contributed by atoms with E-state index in [1.54, 1.807) is 12.1 Å². The van der Waals surface area contributed by atoms with Crippen molar-refractivity contribution in [2.24, 2.45) is 0 Å². The molecule has 0 saturated heterocycles. The van der Waals surface area contributed by atoms with Gasteiger partial charge in [-0.05, 0) is 38.1 Å². The molecule has 0 radical (unpaired) electrons. The summed E-state index contributed by atoms with van der Waals surface area (Å²) >= 11 is 0. The molecule has 0 aliphatic heterocycles. The van der Waals surface area contributed by atoms with Crippen LogP contribution in [0.5, 0.6) is 0 Å². The van der Waals surface area contributed by atoms with Gasteiger partial charge in [0.25, 0.3) is 0 Å². The zero-order chi connectivity index (χ0) is 14.9. The molecular weight excluding hydrogens is 267 g/mol. The maximum atomic E-state index is 13.0. The summed E-state index contributed by atoms with van der Waals surface area (Å²) in [5.74, 6) is 3.04. The molecule has 0 unspecified atom stereocenters. The molecule has 2 nitrogen and oxygen atoms in total. The number of aromatic nitrogens is 2. The molecule has 20 heavy (non-hydrogen) atoms. The minimum absolute atomic E-state index is 0.242. The SMILES string of the molecule is Cc1nn(-c2ccc(F)cc2)c(C)c1C#C[Si](C)(C)C. The first kappa shape index (κ1) is 14.5. The molecule has 104 valence electrons. The van der Waals surface area contributed by atoms with Crippen molar-refractivity contribution in [3.63, 3.8) is 0 Å². The van der Waals surface area contributed by atoms with Gasteiger partial charge in [-0.25, -0.2) is 9.07 Å². The lowest BCUT2D eigenvalue weighted by Crippen LogP contribution is -2.16. The summed E-state index contributed by atoms with van der Waals surface area (Å²) in [6, 6.07) is 6.34. The van der Waals surface area contributed by atoms with Gasteiger partial charge in [-0.1, -0.05) is 25.6 Å². The molecule has 1 heterocycles. The molecule has 0 atom stereocenters. The molecule has 2 rings (SSSR count). The Kier molecular flexibility index (Phi) is 3.82. The Labute approximate surface area is 120 Å². The van der Waals surface area contributed by atoms with E-state index >= 15 is 0 Å². The van der Waals surface area contributed by atoms with E-state index in [1.807, 2.05) is 18.5 Å². The molecule has 0 amide bonds. The highest BCUT2D eigenvalue weighted by atomic mass is 28.3. The Bertz CT molecular complexity index is 682. The molecular formula is C16H19FN2Si. The van der Waals surface area contributed by atoms with E-state index in [0.717, 1.165) is 22.6 Å². The number of nitrogens with zero attached hydrogens (tertiary/aromatic N) is 2. The second-order valence-electron chi connectivity index (χ2n) is 5.93. The first-order chi connectivity index (χ1) is 9.28. The molecule has 0 N–H and O–H groups in total. The number of benzene rings is 1. The van der Waals surface area contributed by atoms with Crippen LogP contribution in [0.2, 0.25) is 19.6 Å². The summed E-state index contributed by atoms with van der Waals surface area (Å²) < 4.78 is 14.8. The fourth-order valence-electron chi connectivity index (χ4n) is 1.91. The Balaban J connectivity index is 2.48. The lowest BCUT2D eigenvalue weighted by atomic mass is 10.2. The fraction of sp³-hybridized carbons (Fsp3) is 0.312. The maximum Gasteiger partial charge on any atom is 0.129 e. The van der Waals surface area contributed by atoms with E-state index in [1.165, 1.54) is 12.1 Å². The summed E-state index contributed by atoms with van der Waals surface area (Å²) in [5.41, 5.74) is 7.12. The largest absolute Gasteiger partial charge is 0.237 e. The number of aryl methyl sites for hydroxylation is 1. The van der Waals surface area contributed by atoms with Gasteiger partial charge in [0.2, 0.25) is 0 Å². The summed E-state index contributed by atoms with van der Waals surface area (Å²) in [5, 5.41) is 4.52. The highest BCUT2D eigenvalue weighted by molar-refractivity contribution is 6.83. The van der Waals surface area contributed by atoms with Crippen molar-refractivity contribution in [2.75, 3.05) is 0 Å². The number of hydrogen-bond acceptors (Lipinski definition) is 1. The van der Waals surface area contributed by atoms with Gasteiger partial charge in [0.1, 0.15) is 13.9 Å². The van der Waals surface area contributed by atoms with Crippen molar-refractivity contribution in [3.8, 4) is 17.2 Å². The number of hydrogen-bond donors (Lipinski definition) is 0. The molecule has 1 aromatic heterocycles. The van der Waals surface area contributed by atoms with Crippen LogP contribution in [0.15, 0.2) is 24.3 Å². The first-order valence-electron chi connectivity index (χ1n) is 6.63. The van der Waals surface area contributed by atoms with Gasteiger partial charge in [-0.3, -0.25) is 0 Å². The molecule has 0 bridgehead atoms. The second-order valence-corrected chi connectivity index (χ2v) is 10.7. The van der Waals surface area contributed by atoms with Gasteiger partial charge >= 0.3 is 0 Å². The monoisotopic (exact) mass is 286 g/mol. The highest BCUT2D eigenvalue weighted by Crippen LogP contribution is 2.17. The van der Waals surface area contributed by atoms with Gasteiger partial charge in [0, 0.05) is 0 Å². The van der Waals surface area contributed by atoms with Crippen LogP contribution in [-0.4, -0.2) is 17.9 Å². The van der Waals surface area contributed by atoms with E-state index in [0.29, 0.717) is 0 Å². The van der Waals surface area contributed by atoms with Crippen molar-refractivity contribution >= 4 is 8.07 Å². The van der Waals surface area contributed by atoms with Gasteiger partial charge in [-0.15, -0.1) is 5.54 Å². The third kappa shape index (κ3) is 3.17. The quantitative estimate of drug-likeness (QED) is 0.575. The topological polar surface area (TPSA) is 17.8 Å². The van der Waals surface area contributed by atoms with E-state index < -0.39 is 8.07 Å². The number of halogens is 1. The van der Waals surface area contributed by atoms with E-state index in [2.05, 4.69) is 36.2 Å². The predicted molar refractivity (Wildman–Crippen MR) is 83.2 cm³/mol. The van der Waals surface area contributed by atoms with Gasteiger partial charge in [0.05, 0.1) is 22.6 Å². The molecule has 4 heteroatoms. The lowest BCUT2D eigenvalue weighted by Gasteiger charge is -2.04. The van der Waals surface area contributed by atoms with E-state index in [4.69, 9.17) is 0 Å². The van der Waals surface area contributed by atoms with Crippen molar-refractivity contribution < 1.29 is 4.39 Å². The van der Waals surface area contributed by atoms with Crippen LogP contribution in [0.3, 0.4) is 0 Å². The average Bonchev–Trinajstić information content (AvgIpc) is 2.63. The second kappa shape index (κ2) is 5.26. The van der Waals surface area contributed by atoms with E-state index in [9.17, 15) is 4.39 Å². The summed E-state index contributed by atoms with van der Waals surface area (Å²) in [6.07, 6.45) is 0. The van der Waals surface area contributed by atoms with Gasteiger partial charge < -0.3 is 0 Å². The first-order valence-corrected chi connectivity index (χ1v) is 10.1. The number of rotatable bonds is 1. The van der Waals surface area contributed by atoms with Crippen LogP contribution >= 0.6 is 0 Å². The lowest BCUT2D eigenvalue weighted by molar-refractivity contribution is 0.627. The van der Waals surface area contributed by atoms with Crippen LogP contribution in [0, 0.1) is 31.1 Å². The van der Waals surface area contributed by atoms with E-state index in [-0.39, 0.29) is 5.82 Å². The predicted octanol–water partition coefficient (Wildman–Crippen LogP) is 3.86. The third-order valence-electron chi connectivity index (χ3n) is 2.93. The zero-order valence-electron chi connectivity index (χ0n) is 12.6. The summed E-state index contributed by atoms with van der Waals surface area (Å²) in [6.45, 7) is 10.6. The Morgan fingerprint density at radius 1 is 1.10 bits per heavy atom. The van der Waals surface area contributed by atoms with Crippen LogP contribution in [0.4, 0.5) is 4.39 Å². The summed E-state index contributed by atoms with van der Waals surface area (Å²) in [7, 11) is -1.41. The molecule has 0 saturated carbocycles. The molecule has 0 aliphatic rings. The van der Waals surface area contributed by atoms with Crippen molar-refractivity contribution in [2.45, 2.75) is 33.5 Å². The van der Waals surface area contributed by atoms with Crippen LogP contribution in [0.1, 0.15) is 17.0 Å². The fourth-order valence-corrected chi connectivity index (χ4v) is 2.41. The average molecular weight is 286 g/mol. The summed E-state index contributed by atoms with van der Waals surface area (Å²) in [4.78, 5) is 0. The van der Waals surface area contributed by atoms with Crippen LogP contribution in [0.25, 0.3) is 5.69 Å². The Morgan fingerprint density at radius 2 is 1.70 bits per heavy atom. The standard InChI is InChI=1S/C16H19FN2Si/c1-12-16(10-11-20(3,4)5)13(2)19(18-12)15-8-6-14(17)7-9-15/h6-9H,1-5H3. The third-order valence-corrected chi connectivity index (χ3v) is 3.80. The van der Waals surface area contributed by atoms with Crippen molar-refractivity contribution in [1.29, 1.82) is 0 Å². The molecule has 0 fully saturated rings. The molecule has 0 aliphatic carbocycles. The minimum Gasteiger partial charge on any atom is -0.237 e. The normalized spacial score (nSPS) is 11.1. The Hall–Kier alpha value is -1.86. The van der Waals surface area contributed by atoms with Crippen molar-refractivity contribution in [3.05, 3.63) is 47.0 Å². The van der Waals surface area contributed by atoms with Crippen LogP contribution < -0.4 is 0 Å². The zero-order valence-corrected chi connectivity index (χ0v) is 13.6. The highest BCUT2D eigenvalue weighted by Gasteiger charge is 2.13. The Morgan fingerprint density at radius 3 is 2.25 bits per heavy atom. The minimum atomic E-state index is -1.41. The smallest absolute Gasteiger partial charge is 0.129 e. The van der Waals surface area contributed by atoms with Gasteiger partial charge in [-0.2, -0.15) is 5.10 Å². The van der Waals surface area contributed by atoms with Crippen molar-refractivity contribution in [1.82, 2.24) is 9.78 Å². The maximum absolute atomic E-state index is 13.0. The molecule has 0 spiro atoms. The molecule has 1 aromatic carbocycles. The van der Waals surface area contributed by atoms with Gasteiger partial charge in [0.15, 0.2) is 0 Å².